The summed E-state index contributed by atoms with van der Waals surface area (Å²) in [5.41, 5.74) is 1.16. The molecule has 1 aliphatic rings. The van der Waals surface area contributed by atoms with Gasteiger partial charge in [0.25, 0.3) is 0 Å². The molecule has 0 spiro atoms. The lowest BCUT2D eigenvalue weighted by molar-refractivity contribution is -0.142. The van der Waals surface area contributed by atoms with Crippen molar-refractivity contribution in [1.29, 1.82) is 0 Å². The van der Waals surface area contributed by atoms with Gasteiger partial charge in [-0.15, -0.1) is 0 Å². The first-order valence-corrected chi connectivity index (χ1v) is 14.4. The highest BCUT2D eigenvalue weighted by atomic mass is 32.2. The number of aromatic nitrogens is 1. The molecule has 1 saturated heterocycles. The summed E-state index contributed by atoms with van der Waals surface area (Å²) >= 11 is 0. The molecule has 3 aromatic rings. The van der Waals surface area contributed by atoms with Gasteiger partial charge in [0.2, 0.25) is 21.8 Å². The van der Waals surface area contributed by atoms with Crippen LogP contribution in [0, 0.1) is 0 Å². The molecule has 2 atom stereocenters. The number of anilines is 2. The molecule has 1 aliphatic heterocycles. The van der Waals surface area contributed by atoms with Gasteiger partial charge in [-0.3, -0.25) is 9.59 Å². The average Bonchev–Trinajstić information content (AvgIpc) is 3.48. The standard InChI is InChI=1S/C28H31N5O7S/c34-26(10-6-16-30-25-9-4-5-15-29-25)31-21-13-11-20(12-14-21)17-23(28(36)37)32-27(35)24-18-40-19-33(24)41(38,39)22-7-2-1-3-8-22/h1-5,7-9,11-15,23-24H,6,10,16-19H2,(H,29,30)(H,31,34)(H,32,35)(H,36,37)/t23-,24-/m0/s1. The fourth-order valence-electron chi connectivity index (χ4n) is 4.18. The SMILES string of the molecule is O=C(CCCNc1ccccn1)Nc1ccc(C[C@H](NC(=O)[C@@H]2COCN2S(=O)(=O)c2ccccc2)C(=O)O)cc1. The largest absolute Gasteiger partial charge is 0.480 e. The maximum Gasteiger partial charge on any atom is 0.326 e. The van der Waals surface area contributed by atoms with Crippen molar-refractivity contribution in [2.75, 3.05) is 30.5 Å². The minimum atomic E-state index is -4.02. The second kappa shape index (κ2) is 13.8. The molecule has 0 saturated carbocycles. The van der Waals surface area contributed by atoms with Crippen LogP contribution < -0.4 is 16.0 Å². The third kappa shape index (κ3) is 8.10. The van der Waals surface area contributed by atoms with E-state index in [1.807, 2.05) is 18.2 Å². The first kappa shape index (κ1) is 29.6. The molecule has 0 aliphatic carbocycles. The van der Waals surface area contributed by atoms with Crippen molar-refractivity contribution in [2.24, 2.45) is 0 Å². The zero-order valence-corrected chi connectivity index (χ0v) is 22.9. The topological polar surface area (TPSA) is 167 Å². The van der Waals surface area contributed by atoms with Gasteiger partial charge in [0, 0.05) is 31.3 Å². The van der Waals surface area contributed by atoms with E-state index in [1.54, 1.807) is 48.7 Å². The fraction of sp³-hybridized carbons (Fsp3) is 0.286. The number of nitrogens with zero attached hydrogens (tertiary/aromatic N) is 2. The van der Waals surface area contributed by atoms with Crippen molar-refractivity contribution in [3.05, 3.63) is 84.6 Å². The minimum Gasteiger partial charge on any atom is -0.480 e. The summed E-state index contributed by atoms with van der Waals surface area (Å²) in [6, 6.07) is 17.3. The number of amides is 2. The molecule has 0 bridgehead atoms. The number of carbonyl (C=O) groups excluding carboxylic acids is 2. The molecule has 0 radical (unpaired) electrons. The Hall–Kier alpha value is -4.33. The number of carbonyl (C=O) groups is 3. The highest BCUT2D eigenvalue weighted by Crippen LogP contribution is 2.22. The van der Waals surface area contributed by atoms with Crippen LogP contribution in [-0.2, 0) is 35.6 Å². The number of hydrogen-bond donors (Lipinski definition) is 4. The predicted octanol–water partition coefficient (Wildman–Crippen LogP) is 2.07. The van der Waals surface area contributed by atoms with Crippen LogP contribution in [0.4, 0.5) is 11.5 Å². The van der Waals surface area contributed by atoms with Crippen LogP contribution in [0.2, 0.25) is 0 Å². The number of pyridine rings is 1. The average molecular weight is 582 g/mol. The van der Waals surface area contributed by atoms with Crippen LogP contribution in [0.5, 0.6) is 0 Å². The van der Waals surface area contributed by atoms with Gasteiger partial charge < -0.3 is 25.8 Å². The molecule has 1 fully saturated rings. The summed E-state index contributed by atoms with van der Waals surface area (Å²) < 4.78 is 32.2. The van der Waals surface area contributed by atoms with Crippen LogP contribution in [0.3, 0.4) is 0 Å². The van der Waals surface area contributed by atoms with E-state index >= 15 is 0 Å². The monoisotopic (exact) mass is 581 g/mol. The number of sulfonamides is 1. The molecule has 2 heterocycles. The second-order valence-electron chi connectivity index (χ2n) is 9.31. The molecule has 216 valence electrons. The molecule has 2 aromatic carbocycles. The third-order valence-corrected chi connectivity index (χ3v) is 8.18. The van der Waals surface area contributed by atoms with Crippen LogP contribution in [0.1, 0.15) is 18.4 Å². The number of rotatable bonds is 13. The molecule has 1 aromatic heterocycles. The molecule has 41 heavy (non-hydrogen) atoms. The number of nitrogens with one attached hydrogen (secondary N) is 3. The molecule has 4 N–H and O–H groups in total. The number of ether oxygens (including phenoxy) is 1. The smallest absolute Gasteiger partial charge is 0.326 e. The summed E-state index contributed by atoms with van der Waals surface area (Å²) in [7, 11) is -4.02. The highest BCUT2D eigenvalue weighted by Gasteiger charge is 2.41. The van der Waals surface area contributed by atoms with Gasteiger partial charge in [0.05, 0.1) is 11.5 Å². The lowest BCUT2D eigenvalue weighted by atomic mass is 10.0. The molecule has 2 amide bonds. The third-order valence-electron chi connectivity index (χ3n) is 6.34. The van der Waals surface area contributed by atoms with Crippen molar-refractivity contribution >= 4 is 39.3 Å². The van der Waals surface area contributed by atoms with E-state index < -0.39 is 34.0 Å². The first-order valence-electron chi connectivity index (χ1n) is 13.0. The molecule has 0 unspecified atom stereocenters. The van der Waals surface area contributed by atoms with Crippen LogP contribution in [0.15, 0.2) is 83.9 Å². The second-order valence-corrected chi connectivity index (χ2v) is 11.2. The molecular weight excluding hydrogens is 550 g/mol. The zero-order chi connectivity index (χ0) is 29.2. The number of carboxylic acid groups (broad SMARTS) is 1. The van der Waals surface area contributed by atoms with Crippen molar-refractivity contribution in [3.8, 4) is 0 Å². The maximum atomic E-state index is 13.0. The van der Waals surface area contributed by atoms with Gasteiger partial charge in [0.1, 0.15) is 24.6 Å². The van der Waals surface area contributed by atoms with Crippen molar-refractivity contribution < 1.29 is 32.6 Å². The van der Waals surface area contributed by atoms with Gasteiger partial charge >= 0.3 is 5.97 Å². The summed E-state index contributed by atoms with van der Waals surface area (Å²) in [6.07, 6.45) is 2.55. The van der Waals surface area contributed by atoms with E-state index in [0.29, 0.717) is 30.6 Å². The lowest BCUT2D eigenvalue weighted by Crippen LogP contribution is -2.52. The molecule has 4 rings (SSSR count). The van der Waals surface area contributed by atoms with E-state index in [2.05, 4.69) is 20.9 Å². The van der Waals surface area contributed by atoms with Crippen molar-refractivity contribution in [1.82, 2.24) is 14.6 Å². The van der Waals surface area contributed by atoms with Gasteiger partial charge in [0.15, 0.2) is 0 Å². The van der Waals surface area contributed by atoms with Crippen molar-refractivity contribution in [2.45, 2.75) is 36.2 Å². The van der Waals surface area contributed by atoms with E-state index in [4.69, 9.17) is 4.74 Å². The summed E-state index contributed by atoms with van der Waals surface area (Å²) in [6.45, 7) is 0.0768. The van der Waals surface area contributed by atoms with E-state index in [1.165, 1.54) is 12.1 Å². The van der Waals surface area contributed by atoms with E-state index in [-0.39, 0.29) is 30.6 Å². The lowest BCUT2D eigenvalue weighted by Gasteiger charge is -2.23. The van der Waals surface area contributed by atoms with Crippen LogP contribution in [-0.4, -0.2) is 72.6 Å². The zero-order valence-electron chi connectivity index (χ0n) is 22.1. The minimum absolute atomic E-state index is 0.00594. The number of carboxylic acids is 1. The van der Waals surface area contributed by atoms with Crippen LogP contribution in [0.25, 0.3) is 0 Å². The molecular formula is C28H31N5O7S. The highest BCUT2D eigenvalue weighted by molar-refractivity contribution is 7.89. The normalized spacial score (nSPS) is 16.0. The Kier molecular flexibility index (Phi) is 10.0. The number of hydrogen-bond acceptors (Lipinski definition) is 8. The van der Waals surface area contributed by atoms with Crippen molar-refractivity contribution in [3.63, 3.8) is 0 Å². The van der Waals surface area contributed by atoms with E-state index in [0.717, 1.165) is 10.1 Å². The molecule has 12 nitrogen and oxygen atoms in total. The number of aliphatic carboxylic acids is 1. The summed E-state index contributed by atoms with van der Waals surface area (Å²) in [5, 5.41) is 18.1. The predicted molar refractivity (Wildman–Crippen MR) is 150 cm³/mol. The Balaban J connectivity index is 1.29. The Bertz CT molecular complexity index is 1440. The Morgan fingerprint density at radius 3 is 2.44 bits per heavy atom. The van der Waals surface area contributed by atoms with Crippen LogP contribution >= 0.6 is 0 Å². The van der Waals surface area contributed by atoms with Gasteiger partial charge in [-0.2, -0.15) is 4.31 Å². The fourth-order valence-corrected chi connectivity index (χ4v) is 5.66. The summed E-state index contributed by atoms with van der Waals surface area (Å²) in [5.74, 6) is -1.46. The maximum absolute atomic E-state index is 13.0. The molecule has 13 heteroatoms. The Morgan fingerprint density at radius 2 is 1.76 bits per heavy atom. The number of benzene rings is 2. The summed E-state index contributed by atoms with van der Waals surface area (Å²) in [4.78, 5) is 41.4. The first-order chi connectivity index (χ1) is 19.7. The van der Waals surface area contributed by atoms with E-state index in [9.17, 15) is 27.9 Å². The van der Waals surface area contributed by atoms with Gasteiger partial charge in [-0.25, -0.2) is 18.2 Å². The Labute approximate surface area is 237 Å². The van der Waals surface area contributed by atoms with Gasteiger partial charge in [-0.1, -0.05) is 36.4 Å². The van der Waals surface area contributed by atoms with Gasteiger partial charge in [-0.05, 0) is 48.4 Å². The quantitative estimate of drug-likeness (QED) is 0.221. The Morgan fingerprint density at radius 1 is 1.02 bits per heavy atom.